The molecule has 0 heterocycles. The van der Waals surface area contributed by atoms with Gasteiger partial charge in [0.15, 0.2) is 0 Å². The first-order chi connectivity index (χ1) is 12.2. The summed E-state index contributed by atoms with van der Waals surface area (Å²) in [7, 11) is 0. The fraction of sp³-hybridized carbons (Fsp3) is 0.444. The second-order valence-corrected chi connectivity index (χ2v) is 4.71. The van der Waals surface area contributed by atoms with Crippen LogP contribution in [-0.2, 0) is 28.5 Å². The van der Waals surface area contributed by atoms with E-state index in [0.29, 0.717) is 45.2 Å². The Balaban J connectivity index is 1.82. The summed E-state index contributed by atoms with van der Waals surface area (Å²) in [5.41, 5.74) is 0.519. The summed E-state index contributed by atoms with van der Waals surface area (Å²) in [5.74, 6) is -0.831. The van der Waals surface area contributed by atoms with Crippen molar-refractivity contribution in [3.63, 3.8) is 0 Å². The molecule has 0 N–H and O–H groups in total. The van der Waals surface area contributed by atoms with Gasteiger partial charge in [-0.15, -0.1) is 0 Å². The molecule has 0 aliphatic carbocycles. The smallest absolute Gasteiger partial charge is 0.338 e. The van der Waals surface area contributed by atoms with E-state index in [0.717, 1.165) is 6.08 Å². The SMILES string of the molecule is C=CC(=O)OCCOCCOCCOCCOC(=O)c1ccccc1. The topological polar surface area (TPSA) is 80.3 Å². The molecule has 0 aliphatic rings. The summed E-state index contributed by atoms with van der Waals surface area (Å²) in [6.45, 7) is 5.94. The van der Waals surface area contributed by atoms with Crippen LogP contribution >= 0.6 is 0 Å². The van der Waals surface area contributed by atoms with Gasteiger partial charge in [0.25, 0.3) is 0 Å². The summed E-state index contributed by atoms with van der Waals surface area (Å²) >= 11 is 0. The second kappa shape index (κ2) is 14.2. The molecule has 0 saturated heterocycles. The van der Waals surface area contributed by atoms with Gasteiger partial charge in [-0.2, -0.15) is 0 Å². The fourth-order valence-corrected chi connectivity index (χ4v) is 1.65. The van der Waals surface area contributed by atoms with Crippen molar-refractivity contribution in [2.45, 2.75) is 0 Å². The molecule has 0 saturated carbocycles. The van der Waals surface area contributed by atoms with E-state index < -0.39 is 5.97 Å². The average molecular weight is 352 g/mol. The molecule has 0 atom stereocenters. The molecule has 7 heteroatoms. The molecule has 25 heavy (non-hydrogen) atoms. The molecule has 0 aliphatic heterocycles. The molecule has 1 rings (SSSR count). The molecule has 0 aromatic heterocycles. The highest BCUT2D eigenvalue weighted by molar-refractivity contribution is 5.89. The summed E-state index contributed by atoms with van der Waals surface area (Å²) in [5, 5.41) is 0. The Labute approximate surface area is 147 Å². The van der Waals surface area contributed by atoms with Crippen LogP contribution in [0, 0.1) is 0 Å². The zero-order valence-electron chi connectivity index (χ0n) is 14.2. The Morgan fingerprint density at radius 3 is 1.76 bits per heavy atom. The maximum absolute atomic E-state index is 11.6. The molecule has 0 amide bonds. The Hall–Kier alpha value is -2.22. The number of hydrogen-bond acceptors (Lipinski definition) is 7. The standard InChI is InChI=1S/C18H24O7/c1-2-17(19)24-14-12-22-10-8-21-9-11-23-13-15-25-18(20)16-6-4-3-5-7-16/h2-7H,1,8-15H2. The van der Waals surface area contributed by atoms with Gasteiger partial charge in [-0.05, 0) is 12.1 Å². The van der Waals surface area contributed by atoms with Crippen LogP contribution in [0.1, 0.15) is 10.4 Å². The van der Waals surface area contributed by atoms with Gasteiger partial charge >= 0.3 is 11.9 Å². The summed E-state index contributed by atoms with van der Waals surface area (Å²) in [6.07, 6.45) is 1.10. The lowest BCUT2D eigenvalue weighted by Crippen LogP contribution is -2.15. The Bertz CT molecular complexity index is 501. The van der Waals surface area contributed by atoms with Crippen molar-refractivity contribution in [2.24, 2.45) is 0 Å². The highest BCUT2D eigenvalue weighted by Gasteiger charge is 2.04. The molecule has 0 radical (unpaired) electrons. The molecule has 0 spiro atoms. The largest absolute Gasteiger partial charge is 0.460 e. The first-order valence-electron chi connectivity index (χ1n) is 7.98. The van der Waals surface area contributed by atoms with E-state index >= 15 is 0 Å². The molecule has 1 aromatic rings. The van der Waals surface area contributed by atoms with Crippen molar-refractivity contribution >= 4 is 11.9 Å². The predicted octanol–water partition coefficient (Wildman–Crippen LogP) is 1.62. The maximum atomic E-state index is 11.6. The lowest BCUT2D eigenvalue weighted by Gasteiger charge is -2.07. The maximum Gasteiger partial charge on any atom is 0.338 e. The van der Waals surface area contributed by atoms with Gasteiger partial charge in [-0.1, -0.05) is 24.8 Å². The zero-order valence-corrected chi connectivity index (χ0v) is 14.2. The molecule has 1 aromatic carbocycles. The van der Waals surface area contributed by atoms with Crippen molar-refractivity contribution in [1.82, 2.24) is 0 Å². The normalized spacial score (nSPS) is 10.2. The molecular formula is C18H24O7. The summed E-state index contributed by atoms with van der Waals surface area (Å²) in [4.78, 5) is 22.4. The van der Waals surface area contributed by atoms with E-state index in [1.165, 1.54) is 0 Å². The van der Waals surface area contributed by atoms with Crippen LogP contribution in [-0.4, -0.2) is 64.8 Å². The quantitative estimate of drug-likeness (QED) is 0.286. The lowest BCUT2D eigenvalue weighted by molar-refractivity contribution is -0.139. The van der Waals surface area contributed by atoms with E-state index in [1.807, 2.05) is 6.07 Å². The van der Waals surface area contributed by atoms with E-state index in [9.17, 15) is 9.59 Å². The van der Waals surface area contributed by atoms with Gasteiger partial charge in [0.05, 0.1) is 45.2 Å². The van der Waals surface area contributed by atoms with E-state index in [-0.39, 0.29) is 19.2 Å². The number of rotatable bonds is 14. The number of carbonyl (C=O) groups is 2. The van der Waals surface area contributed by atoms with Crippen LogP contribution < -0.4 is 0 Å². The molecule has 0 unspecified atom stereocenters. The van der Waals surface area contributed by atoms with Gasteiger partial charge in [0, 0.05) is 6.08 Å². The van der Waals surface area contributed by atoms with Gasteiger partial charge in [-0.25, -0.2) is 9.59 Å². The van der Waals surface area contributed by atoms with Crippen molar-refractivity contribution in [2.75, 3.05) is 52.9 Å². The fourth-order valence-electron chi connectivity index (χ4n) is 1.65. The Morgan fingerprint density at radius 1 is 0.760 bits per heavy atom. The Morgan fingerprint density at radius 2 is 1.24 bits per heavy atom. The highest BCUT2D eigenvalue weighted by Crippen LogP contribution is 2.00. The summed E-state index contributed by atoms with van der Waals surface area (Å²) < 4.78 is 25.6. The molecule has 138 valence electrons. The molecule has 0 bridgehead atoms. The second-order valence-electron chi connectivity index (χ2n) is 4.71. The number of esters is 2. The zero-order chi connectivity index (χ0) is 18.2. The first kappa shape index (κ1) is 20.8. The average Bonchev–Trinajstić information content (AvgIpc) is 2.65. The van der Waals surface area contributed by atoms with Crippen LogP contribution in [0.5, 0.6) is 0 Å². The number of benzene rings is 1. The minimum atomic E-state index is -0.466. The number of hydrogen-bond donors (Lipinski definition) is 0. The number of ether oxygens (including phenoxy) is 5. The summed E-state index contributed by atoms with van der Waals surface area (Å²) in [6, 6.07) is 8.79. The molecular weight excluding hydrogens is 328 g/mol. The van der Waals surface area contributed by atoms with Crippen LogP contribution in [0.25, 0.3) is 0 Å². The van der Waals surface area contributed by atoms with Crippen LogP contribution in [0.4, 0.5) is 0 Å². The third kappa shape index (κ3) is 11.0. The van der Waals surface area contributed by atoms with Crippen LogP contribution in [0.3, 0.4) is 0 Å². The van der Waals surface area contributed by atoms with Crippen molar-refractivity contribution in [3.8, 4) is 0 Å². The molecule has 0 fully saturated rings. The van der Waals surface area contributed by atoms with Crippen molar-refractivity contribution in [1.29, 1.82) is 0 Å². The monoisotopic (exact) mass is 352 g/mol. The third-order valence-electron chi connectivity index (χ3n) is 2.85. The third-order valence-corrected chi connectivity index (χ3v) is 2.85. The van der Waals surface area contributed by atoms with Gasteiger partial charge in [0.2, 0.25) is 0 Å². The minimum absolute atomic E-state index is 0.190. The van der Waals surface area contributed by atoms with E-state index in [4.69, 9.17) is 23.7 Å². The van der Waals surface area contributed by atoms with Crippen LogP contribution in [0.15, 0.2) is 43.0 Å². The van der Waals surface area contributed by atoms with E-state index in [1.54, 1.807) is 24.3 Å². The number of carbonyl (C=O) groups excluding carboxylic acids is 2. The predicted molar refractivity (Wildman–Crippen MR) is 90.3 cm³/mol. The minimum Gasteiger partial charge on any atom is -0.460 e. The Kier molecular flexibility index (Phi) is 11.8. The van der Waals surface area contributed by atoms with Crippen LogP contribution in [0.2, 0.25) is 0 Å². The molecule has 7 nitrogen and oxygen atoms in total. The van der Waals surface area contributed by atoms with Gasteiger partial charge < -0.3 is 23.7 Å². The lowest BCUT2D eigenvalue weighted by atomic mass is 10.2. The van der Waals surface area contributed by atoms with Gasteiger partial charge in [0.1, 0.15) is 13.2 Å². The van der Waals surface area contributed by atoms with Crippen molar-refractivity contribution in [3.05, 3.63) is 48.6 Å². The van der Waals surface area contributed by atoms with E-state index in [2.05, 4.69) is 6.58 Å². The van der Waals surface area contributed by atoms with Crippen molar-refractivity contribution < 1.29 is 33.3 Å². The highest BCUT2D eigenvalue weighted by atomic mass is 16.6. The van der Waals surface area contributed by atoms with Gasteiger partial charge in [-0.3, -0.25) is 0 Å². The first-order valence-corrected chi connectivity index (χ1v) is 7.98.